The summed E-state index contributed by atoms with van der Waals surface area (Å²) in [6, 6.07) is 0. The molecule has 0 aliphatic rings. The average molecular weight is 630 g/mol. The van der Waals surface area contributed by atoms with Crippen molar-refractivity contribution in [1.82, 2.24) is 4.67 Å². The number of hydrogen-bond donors (Lipinski definition) is 1. The Hall–Kier alpha value is 0.110. The first-order chi connectivity index (χ1) is 21.1. The number of unbranched alkanes of at least 4 members (excludes halogenated alkanes) is 29. The fraction of sp³-hybridized carbons (Fsp3) is 1.00. The normalized spacial score (nSPS) is 13.2. The lowest BCUT2D eigenvalue weighted by Crippen LogP contribution is -2.24. The minimum absolute atomic E-state index is 0.387. The summed E-state index contributed by atoms with van der Waals surface area (Å²) >= 11 is 0. The van der Waals surface area contributed by atoms with Crippen molar-refractivity contribution in [3.63, 3.8) is 0 Å². The average Bonchev–Trinajstić information content (AvgIpc) is 2.99. The third-order valence-electron chi connectivity index (χ3n) is 9.15. The molecule has 0 saturated heterocycles. The zero-order chi connectivity index (χ0) is 31.5. The molecule has 1 atom stereocenters. The highest BCUT2D eigenvalue weighted by atomic mass is 31.2. The Morgan fingerprint density at radius 3 is 0.884 bits per heavy atom. The lowest BCUT2D eigenvalue weighted by atomic mass is 10.0. The molecule has 260 valence electrons. The maximum Gasteiger partial charge on any atom is 0.405 e. The molecule has 0 bridgehead atoms. The molecular formula is C38H80NO3P. The highest BCUT2D eigenvalue weighted by Gasteiger charge is 2.28. The van der Waals surface area contributed by atoms with Gasteiger partial charge in [-0.1, -0.05) is 207 Å². The molecule has 0 saturated carbocycles. The van der Waals surface area contributed by atoms with Crippen molar-refractivity contribution in [1.29, 1.82) is 0 Å². The molecule has 43 heavy (non-hydrogen) atoms. The molecular weight excluding hydrogens is 549 g/mol. The Kier molecular flexibility index (Phi) is 35.1. The van der Waals surface area contributed by atoms with Crippen LogP contribution in [-0.2, 0) is 9.09 Å². The maximum absolute atomic E-state index is 13.0. The van der Waals surface area contributed by atoms with E-state index in [1.807, 2.05) is 0 Å². The first-order valence-corrected chi connectivity index (χ1v) is 21.3. The summed E-state index contributed by atoms with van der Waals surface area (Å²) in [5.74, 6) is 0. The van der Waals surface area contributed by atoms with Gasteiger partial charge in [0.1, 0.15) is 0 Å². The number of hydrogen-bond acceptors (Lipinski definition) is 2. The largest absolute Gasteiger partial charge is 0.405 e. The monoisotopic (exact) mass is 630 g/mol. The summed E-state index contributed by atoms with van der Waals surface area (Å²) < 4.78 is 20.3. The lowest BCUT2D eigenvalue weighted by Gasteiger charge is -2.26. The summed E-state index contributed by atoms with van der Waals surface area (Å²) in [5, 5.41) is 0. The molecule has 0 aromatic rings. The first-order valence-electron chi connectivity index (χ1n) is 19.8. The van der Waals surface area contributed by atoms with Crippen LogP contribution in [0, 0.1) is 0 Å². The quantitative estimate of drug-likeness (QED) is 0.0548. The van der Waals surface area contributed by atoms with Gasteiger partial charge in [-0.2, -0.15) is 0 Å². The topological polar surface area (TPSA) is 49.8 Å². The molecule has 0 aromatic carbocycles. The highest BCUT2D eigenvalue weighted by Crippen LogP contribution is 2.46. The Balaban J connectivity index is 3.89. The first kappa shape index (κ1) is 43.1. The van der Waals surface area contributed by atoms with E-state index in [-0.39, 0.29) is 0 Å². The van der Waals surface area contributed by atoms with Gasteiger partial charge in [-0.25, -0.2) is 9.24 Å². The van der Waals surface area contributed by atoms with E-state index in [1.165, 1.54) is 167 Å². The third-order valence-corrected chi connectivity index (χ3v) is 10.8. The van der Waals surface area contributed by atoms with Crippen LogP contribution in [-0.4, -0.2) is 29.3 Å². The van der Waals surface area contributed by atoms with E-state index in [2.05, 4.69) is 20.8 Å². The third kappa shape index (κ3) is 31.9. The minimum Gasteiger partial charge on any atom is -0.312 e. The van der Waals surface area contributed by atoms with Crippen LogP contribution >= 0.6 is 7.75 Å². The van der Waals surface area contributed by atoms with Crippen LogP contribution in [0.1, 0.15) is 226 Å². The second-order valence-electron chi connectivity index (χ2n) is 13.5. The molecule has 0 aliphatic carbocycles. The molecule has 1 unspecified atom stereocenters. The lowest BCUT2D eigenvalue weighted by molar-refractivity contribution is 0.195. The van der Waals surface area contributed by atoms with Gasteiger partial charge in [-0.05, 0) is 19.3 Å². The van der Waals surface area contributed by atoms with Crippen molar-refractivity contribution in [2.45, 2.75) is 226 Å². The predicted octanol–water partition coefficient (Wildman–Crippen LogP) is 13.9. The van der Waals surface area contributed by atoms with Crippen molar-refractivity contribution < 1.29 is 14.0 Å². The molecule has 0 aromatic heterocycles. The van der Waals surface area contributed by atoms with Gasteiger partial charge in [0, 0.05) is 13.1 Å². The van der Waals surface area contributed by atoms with E-state index < -0.39 is 7.75 Å². The standard InChI is InChI=1S/C38H80NO3P/c1-4-7-10-12-14-16-18-20-22-24-26-28-30-32-34-36-39(43(40,41)42-38-9-6-3)37-35-33-31-29-27-25-23-21-19-17-15-13-11-8-5-2/h4-38H2,1-3H3,(H,40,41). The molecule has 5 heteroatoms. The van der Waals surface area contributed by atoms with Gasteiger partial charge in [-0.15, -0.1) is 0 Å². The molecule has 0 spiro atoms. The summed E-state index contributed by atoms with van der Waals surface area (Å²) in [6.45, 7) is 8.43. The predicted molar refractivity (Wildman–Crippen MR) is 192 cm³/mol. The Labute approximate surface area is 271 Å². The summed E-state index contributed by atoms with van der Waals surface area (Å²) in [7, 11) is -3.68. The van der Waals surface area contributed by atoms with E-state index in [0.29, 0.717) is 19.7 Å². The van der Waals surface area contributed by atoms with Crippen molar-refractivity contribution in [3.05, 3.63) is 0 Å². The Bertz CT molecular complexity index is 539. The number of nitrogens with zero attached hydrogens (tertiary/aromatic N) is 1. The smallest absolute Gasteiger partial charge is 0.312 e. The van der Waals surface area contributed by atoms with Gasteiger partial charge in [0.15, 0.2) is 0 Å². The molecule has 1 N–H and O–H groups in total. The van der Waals surface area contributed by atoms with E-state index >= 15 is 0 Å². The fourth-order valence-electron chi connectivity index (χ4n) is 6.11. The van der Waals surface area contributed by atoms with E-state index in [1.54, 1.807) is 4.67 Å². The van der Waals surface area contributed by atoms with Crippen molar-refractivity contribution in [2.75, 3.05) is 19.7 Å². The van der Waals surface area contributed by atoms with Crippen molar-refractivity contribution in [3.8, 4) is 0 Å². The molecule has 0 fully saturated rings. The van der Waals surface area contributed by atoms with Crippen LogP contribution in [0.4, 0.5) is 0 Å². The summed E-state index contributed by atoms with van der Waals surface area (Å²) in [6.07, 6.45) is 42.0. The van der Waals surface area contributed by atoms with Crippen LogP contribution in [0.5, 0.6) is 0 Å². The maximum atomic E-state index is 13.0. The summed E-state index contributed by atoms with van der Waals surface area (Å²) in [5.41, 5.74) is 0. The zero-order valence-electron chi connectivity index (χ0n) is 29.9. The second kappa shape index (κ2) is 35.0. The van der Waals surface area contributed by atoms with E-state index in [4.69, 9.17) is 4.52 Å². The van der Waals surface area contributed by atoms with Crippen molar-refractivity contribution in [2.24, 2.45) is 0 Å². The van der Waals surface area contributed by atoms with Crippen LogP contribution in [0.15, 0.2) is 0 Å². The van der Waals surface area contributed by atoms with Gasteiger partial charge in [-0.3, -0.25) is 4.52 Å². The zero-order valence-corrected chi connectivity index (χ0v) is 30.8. The van der Waals surface area contributed by atoms with Crippen molar-refractivity contribution >= 4 is 7.75 Å². The van der Waals surface area contributed by atoms with Crippen LogP contribution < -0.4 is 0 Å². The SMILES string of the molecule is CCCCCCCCCCCCCCCCCN(CCCCCCCCCCCCCCCCC)P(=O)(O)OCCCC. The Morgan fingerprint density at radius 2 is 0.628 bits per heavy atom. The van der Waals surface area contributed by atoms with Gasteiger partial charge in [0.2, 0.25) is 0 Å². The van der Waals surface area contributed by atoms with E-state index in [9.17, 15) is 9.46 Å². The van der Waals surface area contributed by atoms with Crippen LogP contribution in [0.2, 0.25) is 0 Å². The fourth-order valence-corrected chi connectivity index (χ4v) is 7.42. The molecule has 0 rings (SSSR count). The molecule has 0 aliphatic heterocycles. The molecule has 0 radical (unpaired) electrons. The molecule has 4 nitrogen and oxygen atoms in total. The minimum atomic E-state index is -3.68. The number of rotatable bonds is 37. The van der Waals surface area contributed by atoms with Gasteiger partial charge >= 0.3 is 7.75 Å². The van der Waals surface area contributed by atoms with Gasteiger partial charge in [0.05, 0.1) is 6.61 Å². The highest BCUT2D eigenvalue weighted by molar-refractivity contribution is 7.50. The van der Waals surface area contributed by atoms with Crippen LogP contribution in [0.25, 0.3) is 0 Å². The summed E-state index contributed by atoms with van der Waals surface area (Å²) in [4.78, 5) is 10.7. The van der Waals surface area contributed by atoms with E-state index in [0.717, 1.165) is 38.5 Å². The van der Waals surface area contributed by atoms with Crippen LogP contribution in [0.3, 0.4) is 0 Å². The second-order valence-corrected chi connectivity index (χ2v) is 15.3. The van der Waals surface area contributed by atoms with Gasteiger partial charge < -0.3 is 4.89 Å². The Morgan fingerprint density at radius 1 is 0.395 bits per heavy atom. The van der Waals surface area contributed by atoms with Gasteiger partial charge in [0.25, 0.3) is 0 Å². The molecule has 0 amide bonds. The molecule has 0 heterocycles.